The summed E-state index contributed by atoms with van der Waals surface area (Å²) < 4.78 is 5.26. The number of carbonyl (C=O) groups is 3. The lowest BCUT2D eigenvalue weighted by Gasteiger charge is -2.14. The fourth-order valence-corrected chi connectivity index (χ4v) is 1.74. The van der Waals surface area contributed by atoms with E-state index in [0.717, 1.165) is 5.01 Å². The molecule has 1 aromatic carbocycles. The average molecular weight is 262 g/mol. The third-order valence-electron chi connectivity index (χ3n) is 2.69. The Balaban J connectivity index is 2.03. The second-order valence-corrected chi connectivity index (χ2v) is 4.02. The van der Waals surface area contributed by atoms with Gasteiger partial charge in [0.2, 0.25) is 11.8 Å². The Morgan fingerprint density at radius 1 is 1.21 bits per heavy atom. The van der Waals surface area contributed by atoms with Crippen molar-refractivity contribution >= 4 is 17.7 Å². The van der Waals surface area contributed by atoms with Crippen LogP contribution in [0.15, 0.2) is 24.3 Å². The van der Waals surface area contributed by atoms with Crippen LogP contribution in [0.5, 0.6) is 5.75 Å². The molecule has 0 radical (unpaired) electrons. The predicted octanol–water partition coefficient (Wildman–Crippen LogP) is 0.879. The van der Waals surface area contributed by atoms with Gasteiger partial charge in [-0.3, -0.25) is 19.8 Å². The van der Waals surface area contributed by atoms with Crippen LogP contribution in [0.2, 0.25) is 0 Å². The topological polar surface area (TPSA) is 75.7 Å². The Labute approximate surface area is 110 Å². The van der Waals surface area contributed by atoms with Gasteiger partial charge in [-0.15, -0.1) is 0 Å². The number of nitrogens with zero attached hydrogens (tertiary/aromatic N) is 1. The van der Waals surface area contributed by atoms with Crippen molar-refractivity contribution in [1.29, 1.82) is 0 Å². The van der Waals surface area contributed by atoms with Crippen molar-refractivity contribution in [3.05, 3.63) is 29.8 Å². The van der Waals surface area contributed by atoms with Crippen molar-refractivity contribution in [2.45, 2.75) is 19.8 Å². The molecule has 0 atom stereocenters. The minimum absolute atomic E-state index is 0.141. The van der Waals surface area contributed by atoms with Crippen molar-refractivity contribution < 1.29 is 19.1 Å². The van der Waals surface area contributed by atoms with Crippen LogP contribution in [-0.2, 0) is 9.59 Å². The molecule has 1 saturated heterocycles. The molecule has 1 aliphatic heterocycles. The molecule has 1 heterocycles. The van der Waals surface area contributed by atoms with Gasteiger partial charge in [0.1, 0.15) is 5.75 Å². The van der Waals surface area contributed by atoms with Crippen molar-refractivity contribution in [2.75, 3.05) is 6.61 Å². The molecule has 100 valence electrons. The van der Waals surface area contributed by atoms with Crippen LogP contribution in [0.3, 0.4) is 0 Å². The lowest BCUT2D eigenvalue weighted by atomic mass is 10.2. The quantitative estimate of drug-likeness (QED) is 0.817. The summed E-state index contributed by atoms with van der Waals surface area (Å²) in [5.74, 6) is -0.604. The minimum Gasteiger partial charge on any atom is -0.494 e. The predicted molar refractivity (Wildman–Crippen MR) is 66.2 cm³/mol. The molecule has 1 aliphatic rings. The van der Waals surface area contributed by atoms with Gasteiger partial charge >= 0.3 is 0 Å². The molecule has 19 heavy (non-hydrogen) atoms. The van der Waals surface area contributed by atoms with Crippen LogP contribution in [0, 0.1) is 0 Å². The maximum atomic E-state index is 11.9. The van der Waals surface area contributed by atoms with Crippen molar-refractivity contribution in [1.82, 2.24) is 10.4 Å². The SMILES string of the molecule is CCOc1ccc(C(=O)NN2C(=O)CCC2=O)cc1. The smallest absolute Gasteiger partial charge is 0.270 e. The van der Waals surface area contributed by atoms with Gasteiger partial charge in [0.15, 0.2) is 0 Å². The molecule has 0 spiro atoms. The number of hydrazine groups is 1. The second kappa shape index (κ2) is 5.51. The number of amides is 3. The van der Waals surface area contributed by atoms with Crippen molar-refractivity contribution in [3.63, 3.8) is 0 Å². The van der Waals surface area contributed by atoms with E-state index in [2.05, 4.69) is 5.43 Å². The Bertz CT molecular complexity index is 494. The highest BCUT2D eigenvalue weighted by molar-refractivity contribution is 6.05. The van der Waals surface area contributed by atoms with Crippen LogP contribution < -0.4 is 10.2 Å². The molecule has 0 aromatic heterocycles. The van der Waals surface area contributed by atoms with Gasteiger partial charge in [-0.2, -0.15) is 5.01 Å². The molecule has 6 nitrogen and oxygen atoms in total. The molecule has 1 N–H and O–H groups in total. The van der Waals surface area contributed by atoms with Gasteiger partial charge < -0.3 is 4.74 Å². The summed E-state index contributed by atoms with van der Waals surface area (Å²) in [7, 11) is 0. The number of rotatable bonds is 4. The molecular formula is C13H14N2O4. The van der Waals surface area contributed by atoms with Gasteiger partial charge in [0.25, 0.3) is 5.91 Å². The first kappa shape index (κ1) is 13.1. The maximum absolute atomic E-state index is 11.9. The Morgan fingerprint density at radius 3 is 2.32 bits per heavy atom. The molecule has 0 unspecified atom stereocenters. The van der Waals surface area contributed by atoms with E-state index in [9.17, 15) is 14.4 Å². The van der Waals surface area contributed by atoms with E-state index in [1.165, 1.54) is 0 Å². The third-order valence-corrected chi connectivity index (χ3v) is 2.69. The van der Waals surface area contributed by atoms with Gasteiger partial charge in [-0.05, 0) is 31.2 Å². The summed E-state index contributed by atoms with van der Waals surface area (Å²) in [6, 6.07) is 6.47. The van der Waals surface area contributed by atoms with Gasteiger partial charge in [-0.1, -0.05) is 0 Å². The third kappa shape index (κ3) is 2.90. The largest absolute Gasteiger partial charge is 0.494 e. The fraction of sp³-hybridized carbons (Fsp3) is 0.308. The minimum atomic E-state index is -0.494. The summed E-state index contributed by atoms with van der Waals surface area (Å²) in [5, 5.41) is 0.777. The first-order chi connectivity index (χ1) is 9.11. The van der Waals surface area contributed by atoms with E-state index in [1.54, 1.807) is 24.3 Å². The second-order valence-electron chi connectivity index (χ2n) is 4.02. The van der Waals surface area contributed by atoms with E-state index in [0.29, 0.717) is 17.9 Å². The summed E-state index contributed by atoms with van der Waals surface area (Å²) in [6.07, 6.45) is 0.283. The Hall–Kier alpha value is -2.37. The van der Waals surface area contributed by atoms with Gasteiger partial charge in [0, 0.05) is 18.4 Å². The number of imide groups is 1. The van der Waals surface area contributed by atoms with E-state index in [-0.39, 0.29) is 24.7 Å². The zero-order chi connectivity index (χ0) is 13.8. The van der Waals surface area contributed by atoms with Crippen LogP contribution in [-0.4, -0.2) is 29.3 Å². The first-order valence-electron chi connectivity index (χ1n) is 6.01. The van der Waals surface area contributed by atoms with Crippen LogP contribution in [0.1, 0.15) is 30.1 Å². The molecule has 0 bridgehead atoms. The molecule has 0 aliphatic carbocycles. The Kier molecular flexibility index (Phi) is 3.79. The normalized spacial score (nSPS) is 14.7. The molecular weight excluding hydrogens is 248 g/mol. The van der Waals surface area contributed by atoms with E-state index in [4.69, 9.17) is 4.74 Å². The molecule has 6 heteroatoms. The average Bonchev–Trinajstić information content (AvgIpc) is 2.72. The number of nitrogens with one attached hydrogen (secondary N) is 1. The van der Waals surface area contributed by atoms with Crippen LogP contribution >= 0.6 is 0 Å². The number of benzene rings is 1. The van der Waals surface area contributed by atoms with Gasteiger partial charge in [0.05, 0.1) is 6.61 Å². The number of hydrogen-bond acceptors (Lipinski definition) is 4. The van der Waals surface area contributed by atoms with E-state index >= 15 is 0 Å². The number of ether oxygens (including phenoxy) is 1. The zero-order valence-electron chi connectivity index (χ0n) is 10.5. The molecule has 2 rings (SSSR count). The van der Waals surface area contributed by atoms with Crippen molar-refractivity contribution in [3.8, 4) is 5.75 Å². The van der Waals surface area contributed by atoms with E-state index in [1.807, 2.05) is 6.92 Å². The lowest BCUT2D eigenvalue weighted by Crippen LogP contribution is -2.45. The molecule has 1 fully saturated rings. The van der Waals surface area contributed by atoms with Crippen LogP contribution in [0.25, 0.3) is 0 Å². The lowest BCUT2D eigenvalue weighted by molar-refractivity contribution is -0.141. The summed E-state index contributed by atoms with van der Waals surface area (Å²) >= 11 is 0. The maximum Gasteiger partial charge on any atom is 0.270 e. The number of hydrogen-bond donors (Lipinski definition) is 1. The van der Waals surface area contributed by atoms with E-state index < -0.39 is 5.91 Å². The first-order valence-corrected chi connectivity index (χ1v) is 6.01. The fourth-order valence-electron chi connectivity index (χ4n) is 1.74. The highest BCUT2D eigenvalue weighted by Crippen LogP contribution is 2.13. The molecule has 1 aromatic rings. The summed E-state index contributed by atoms with van der Waals surface area (Å²) in [5.41, 5.74) is 2.66. The van der Waals surface area contributed by atoms with Crippen molar-refractivity contribution in [2.24, 2.45) is 0 Å². The number of carbonyl (C=O) groups excluding carboxylic acids is 3. The van der Waals surface area contributed by atoms with Crippen LogP contribution in [0.4, 0.5) is 0 Å². The highest BCUT2D eigenvalue weighted by Gasteiger charge is 2.30. The summed E-state index contributed by atoms with van der Waals surface area (Å²) in [6.45, 7) is 2.41. The molecule has 3 amide bonds. The summed E-state index contributed by atoms with van der Waals surface area (Å²) in [4.78, 5) is 34.6. The standard InChI is InChI=1S/C13H14N2O4/c1-2-19-10-5-3-9(4-6-10)13(18)14-15-11(16)7-8-12(15)17/h3-6H,2,7-8H2,1H3,(H,14,18). The monoisotopic (exact) mass is 262 g/mol. The Morgan fingerprint density at radius 2 is 1.79 bits per heavy atom. The highest BCUT2D eigenvalue weighted by atomic mass is 16.5. The zero-order valence-corrected chi connectivity index (χ0v) is 10.5. The molecule has 0 saturated carbocycles. The van der Waals surface area contributed by atoms with Gasteiger partial charge in [-0.25, -0.2) is 0 Å².